The number of benzene rings is 2. The third-order valence-corrected chi connectivity index (χ3v) is 2.78. The van der Waals surface area contributed by atoms with Crippen molar-refractivity contribution in [1.29, 1.82) is 0 Å². The minimum absolute atomic E-state index is 0.0523. The Morgan fingerprint density at radius 1 is 1.00 bits per heavy atom. The molecule has 0 aliphatic heterocycles. The van der Waals surface area contributed by atoms with Crippen molar-refractivity contribution in [2.75, 3.05) is 13.2 Å². The molecule has 5 nitrogen and oxygen atoms in total. The van der Waals surface area contributed by atoms with E-state index in [0.29, 0.717) is 19.0 Å². The Bertz CT molecular complexity index is 589. The van der Waals surface area contributed by atoms with E-state index in [9.17, 15) is 10.1 Å². The van der Waals surface area contributed by atoms with E-state index in [-0.39, 0.29) is 10.7 Å². The second-order valence-electron chi connectivity index (χ2n) is 3.88. The van der Waals surface area contributed by atoms with Gasteiger partial charge in [-0.05, 0) is 18.2 Å². The minimum atomic E-state index is -0.537. The summed E-state index contributed by atoms with van der Waals surface area (Å²) in [4.78, 5) is 10.1. The predicted octanol–water partition coefficient (Wildman–Crippen LogP) is 3.71. The van der Waals surface area contributed by atoms with E-state index in [0.717, 1.165) is 5.75 Å². The molecule has 0 atom stereocenters. The van der Waals surface area contributed by atoms with Crippen LogP contribution >= 0.6 is 11.6 Å². The van der Waals surface area contributed by atoms with Crippen LogP contribution in [0.2, 0.25) is 5.02 Å². The van der Waals surface area contributed by atoms with E-state index < -0.39 is 4.92 Å². The van der Waals surface area contributed by atoms with Crippen LogP contribution in [0.5, 0.6) is 11.5 Å². The number of nitrogens with zero attached hydrogens (tertiary/aromatic N) is 1. The lowest BCUT2D eigenvalue weighted by molar-refractivity contribution is -0.384. The van der Waals surface area contributed by atoms with E-state index >= 15 is 0 Å². The van der Waals surface area contributed by atoms with Crippen molar-refractivity contribution in [3.05, 3.63) is 63.7 Å². The first-order valence-electron chi connectivity index (χ1n) is 5.91. The minimum Gasteiger partial charge on any atom is -0.490 e. The fourth-order valence-electron chi connectivity index (χ4n) is 1.56. The fourth-order valence-corrected chi connectivity index (χ4v) is 1.80. The first-order chi connectivity index (χ1) is 9.66. The highest BCUT2D eigenvalue weighted by atomic mass is 35.5. The first-order valence-corrected chi connectivity index (χ1v) is 6.29. The molecule has 0 N–H and O–H groups in total. The van der Waals surface area contributed by atoms with Gasteiger partial charge in [-0.2, -0.15) is 0 Å². The zero-order valence-corrected chi connectivity index (χ0v) is 11.2. The Morgan fingerprint density at radius 2 is 1.65 bits per heavy atom. The molecule has 0 spiro atoms. The molecule has 0 radical (unpaired) electrons. The van der Waals surface area contributed by atoms with Crippen LogP contribution in [0, 0.1) is 10.1 Å². The summed E-state index contributed by atoms with van der Waals surface area (Å²) < 4.78 is 10.9. The van der Waals surface area contributed by atoms with Crippen molar-refractivity contribution < 1.29 is 14.4 Å². The van der Waals surface area contributed by atoms with Gasteiger partial charge in [0.15, 0.2) is 0 Å². The van der Waals surface area contributed by atoms with Crippen LogP contribution in [-0.4, -0.2) is 18.1 Å². The standard InChI is InChI=1S/C14H12ClNO4/c15-13-10-12(6-7-14(13)16(17)18)20-9-8-19-11-4-2-1-3-5-11/h1-7,10H,8-9H2. The average Bonchev–Trinajstić information content (AvgIpc) is 2.44. The summed E-state index contributed by atoms with van der Waals surface area (Å²) in [7, 11) is 0. The highest BCUT2D eigenvalue weighted by Gasteiger charge is 2.12. The van der Waals surface area contributed by atoms with Gasteiger partial charge in [0.2, 0.25) is 0 Å². The van der Waals surface area contributed by atoms with Crippen molar-refractivity contribution in [2.45, 2.75) is 0 Å². The van der Waals surface area contributed by atoms with E-state index in [2.05, 4.69) is 0 Å². The fraction of sp³-hybridized carbons (Fsp3) is 0.143. The van der Waals surface area contributed by atoms with Gasteiger partial charge in [0.1, 0.15) is 29.7 Å². The third-order valence-electron chi connectivity index (χ3n) is 2.48. The summed E-state index contributed by atoms with van der Waals surface area (Å²) in [6.07, 6.45) is 0. The van der Waals surface area contributed by atoms with Gasteiger partial charge in [-0.1, -0.05) is 29.8 Å². The monoisotopic (exact) mass is 293 g/mol. The van der Waals surface area contributed by atoms with E-state index in [1.54, 1.807) is 0 Å². The zero-order valence-electron chi connectivity index (χ0n) is 10.5. The number of hydrogen-bond acceptors (Lipinski definition) is 4. The molecule has 20 heavy (non-hydrogen) atoms. The van der Waals surface area contributed by atoms with Gasteiger partial charge in [0.05, 0.1) is 4.92 Å². The summed E-state index contributed by atoms with van der Waals surface area (Å²) in [5, 5.41) is 10.7. The van der Waals surface area contributed by atoms with E-state index in [1.165, 1.54) is 18.2 Å². The highest BCUT2D eigenvalue weighted by Crippen LogP contribution is 2.28. The maximum absolute atomic E-state index is 10.6. The largest absolute Gasteiger partial charge is 0.490 e. The molecule has 0 amide bonds. The number of nitro groups is 1. The van der Waals surface area contributed by atoms with Crippen molar-refractivity contribution in [3.8, 4) is 11.5 Å². The quantitative estimate of drug-likeness (QED) is 0.463. The number of halogens is 1. The van der Waals surface area contributed by atoms with Crippen LogP contribution in [0.3, 0.4) is 0 Å². The van der Waals surface area contributed by atoms with Gasteiger partial charge in [0, 0.05) is 12.1 Å². The maximum atomic E-state index is 10.6. The second kappa shape index (κ2) is 6.77. The molecule has 2 aromatic carbocycles. The van der Waals surface area contributed by atoms with Crippen LogP contribution < -0.4 is 9.47 Å². The first kappa shape index (κ1) is 14.1. The SMILES string of the molecule is O=[N+]([O-])c1ccc(OCCOc2ccccc2)cc1Cl. The summed E-state index contributed by atoms with van der Waals surface area (Å²) in [5.41, 5.74) is -0.139. The van der Waals surface area contributed by atoms with Gasteiger partial charge in [-0.15, -0.1) is 0 Å². The average molecular weight is 294 g/mol. The van der Waals surface area contributed by atoms with Gasteiger partial charge in [-0.25, -0.2) is 0 Å². The van der Waals surface area contributed by atoms with Gasteiger partial charge >= 0.3 is 0 Å². The van der Waals surface area contributed by atoms with Crippen molar-refractivity contribution in [2.24, 2.45) is 0 Å². The van der Waals surface area contributed by atoms with Gasteiger partial charge < -0.3 is 9.47 Å². The summed E-state index contributed by atoms with van der Waals surface area (Å²) in [6.45, 7) is 0.696. The summed E-state index contributed by atoms with van der Waals surface area (Å²) >= 11 is 5.78. The van der Waals surface area contributed by atoms with Crippen LogP contribution in [0.25, 0.3) is 0 Å². The molecule has 0 fully saturated rings. The van der Waals surface area contributed by atoms with Gasteiger partial charge in [-0.3, -0.25) is 10.1 Å². The van der Waals surface area contributed by atoms with E-state index in [1.807, 2.05) is 30.3 Å². The topological polar surface area (TPSA) is 61.6 Å². The lowest BCUT2D eigenvalue weighted by atomic mass is 10.3. The Kier molecular flexibility index (Phi) is 4.79. The van der Waals surface area contributed by atoms with Crippen LogP contribution in [-0.2, 0) is 0 Å². The Labute approximate surface area is 120 Å². The van der Waals surface area contributed by atoms with Gasteiger partial charge in [0.25, 0.3) is 5.69 Å². The predicted molar refractivity (Wildman–Crippen MR) is 75.5 cm³/mol. The Balaban J connectivity index is 1.83. The zero-order chi connectivity index (χ0) is 14.4. The lowest BCUT2D eigenvalue weighted by Crippen LogP contribution is -2.08. The number of para-hydroxylation sites is 1. The molecule has 2 rings (SSSR count). The smallest absolute Gasteiger partial charge is 0.288 e. The lowest BCUT2D eigenvalue weighted by Gasteiger charge is -2.08. The number of hydrogen-bond donors (Lipinski definition) is 0. The second-order valence-corrected chi connectivity index (χ2v) is 4.29. The van der Waals surface area contributed by atoms with Crippen LogP contribution in [0.4, 0.5) is 5.69 Å². The molecular formula is C14H12ClNO4. The Morgan fingerprint density at radius 3 is 2.25 bits per heavy atom. The van der Waals surface area contributed by atoms with Crippen molar-refractivity contribution in [3.63, 3.8) is 0 Å². The molecule has 0 unspecified atom stereocenters. The molecule has 0 saturated heterocycles. The van der Waals surface area contributed by atoms with Crippen molar-refractivity contribution in [1.82, 2.24) is 0 Å². The molecule has 2 aromatic rings. The maximum Gasteiger partial charge on any atom is 0.288 e. The third kappa shape index (κ3) is 3.86. The van der Waals surface area contributed by atoms with E-state index in [4.69, 9.17) is 21.1 Å². The highest BCUT2D eigenvalue weighted by molar-refractivity contribution is 6.32. The molecule has 0 aromatic heterocycles. The molecule has 6 heteroatoms. The number of nitro benzene ring substituents is 1. The van der Waals surface area contributed by atoms with Crippen LogP contribution in [0.15, 0.2) is 48.5 Å². The molecule has 0 aliphatic carbocycles. The number of rotatable bonds is 6. The molecule has 0 bridgehead atoms. The normalized spacial score (nSPS) is 10.1. The molecular weight excluding hydrogens is 282 g/mol. The molecule has 0 saturated carbocycles. The van der Waals surface area contributed by atoms with Crippen LogP contribution in [0.1, 0.15) is 0 Å². The summed E-state index contributed by atoms with van der Waals surface area (Å²) in [6, 6.07) is 13.6. The molecule has 0 heterocycles. The Hall–Kier alpha value is -2.27. The van der Waals surface area contributed by atoms with Crippen molar-refractivity contribution >= 4 is 17.3 Å². The number of ether oxygens (including phenoxy) is 2. The summed E-state index contributed by atoms with van der Waals surface area (Å²) in [5.74, 6) is 1.23. The molecule has 0 aliphatic rings. The molecule has 104 valence electrons.